The third-order valence-corrected chi connectivity index (χ3v) is 5.93. The summed E-state index contributed by atoms with van der Waals surface area (Å²) in [5.74, 6) is 0.925. The van der Waals surface area contributed by atoms with Crippen molar-refractivity contribution in [2.75, 3.05) is 6.54 Å². The first-order valence-electron chi connectivity index (χ1n) is 7.67. The Morgan fingerprint density at radius 2 is 2.21 bits per heavy atom. The van der Waals surface area contributed by atoms with Gasteiger partial charge in [0.15, 0.2) is 0 Å². The van der Waals surface area contributed by atoms with Crippen molar-refractivity contribution >= 4 is 11.3 Å². The molecule has 1 saturated heterocycles. The molecule has 0 bridgehead atoms. The van der Waals surface area contributed by atoms with Crippen LogP contribution in [0, 0.1) is 5.92 Å². The van der Waals surface area contributed by atoms with Gasteiger partial charge in [-0.1, -0.05) is 19.4 Å². The quantitative estimate of drug-likeness (QED) is 0.878. The Balaban J connectivity index is 1.71. The number of thiophene rings is 1. The minimum atomic E-state index is 0.104. The molecule has 2 atom stereocenters. The first-order chi connectivity index (χ1) is 9.22. The third kappa shape index (κ3) is 2.74. The highest BCUT2D eigenvalue weighted by atomic mass is 32.1. The van der Waals surface area contributed by atoms with E-state index in [4.69, 9.17) is 4.74 Å². The first kappa shape index (κ1) is 13.6. The lowest BCUT2D eigenvalue weighted by molar-refractivity contribution is -0.154. The van der Waals surface area contributed by atoms with Gasteiger partial charge >= 0.3 is 0 Å². The predicted octanol–water partition coefficient (Wildman–Crippen LogP) is 4.14. The molecule has 2 fully saturated rings. The lowest BCUT2D eigenvalue weighted by atomic mass is 9.76. The van der Waals surface area contributed by atoms with Crippen molar-refractivity contribution in [2.24, 2.45) is 5.92 Å². The molecule has 3 heteroatoms. The lowest BCUT2D eigenvalue weighted by Crippen LogP contribution is -2.56. The van der Waals surface area contributed by atoms with Gasteiger partial charge in [-0.15, -0.1) is 11.3 Å². The summed E-state index contributed by atoms with van der Waals surface area (Å²) in [6, 6.07) is 4.77. The van der Waals surface area contributed by atoms with E-state index in [-0.39, 0.29) is 11.7 Å². The van der Waals surface area contributed by atoms with Crippen LogP contribution in [0.2, 0.25) is 0 Å². The van der Waals surface area contributed by atoms with Gasteiger partial charge in [-0.05, 0) is 50.0 Å². The molecule has 2 unspecified atom stereocenters. The monoisotopic (exact) mass is 279 g/mol. The third-order valence-electron chi connectivity index (χ3n) is 4.99. The van der Waals surface area contributed by atoms with Gasteiger partial charge in [0.2, 0.25) is 0 Å². The molecule has 1 N–H and O–H groups in total. The Labute approximate surface area is 120 Å². The van der Waals surface area contributed by atoms with Crippen LogP contribution >= 0.6 is 11.3 Å². The molecular weight excluding hydrogens is 254 g/mol. The minimum Gasteiger partial charge on any atom is -0.363 e. The van der Waals surface area contributed by atoms with E-state index >= 15 is 0 Å². The summed E-state index contributed by atoms with van der Waals surface area (Å²) in [6.07, 6.45) is 6.70. The van der Waals surface area contributed by atoms with Crippen LogP contribution in [0.1, 0.15) is 56.9 Å². The summed E-state index contributed by atoms with van der Waals surface area (Å²) in [5.41, 5.74) is 0.104. The van der Waals surface area contributed by atoms with Crippen molar-refractivity contribution in [3.8, 4) is 0 Å². The molecule has 106 valence electrons. The average molecular weight is 279 g/mol. The van der Waals surface area contributed by atoms with Gasteiger partial charge in [0.25, 0.3) is 0 Å². The summed E-state index contributed by atoms with van der Waals surface area (Å²) in [4.78, 5) is 1.37. The number of hydrogen-bond donors (Lipinski definition) is 1. The molecule has 1 aliphatic carbocycles. The standard InChI is InChI=1S/C16H25NOS/c1-3-13-6-8-16(9-7-13)11-17-12(2)15(18-16)14-5-4-10-19-14/h4-5,10,12-13,15,17H,3,6-9,11H2,1-2H3. The number of rotatable bonds is 2. The molecule has 3 rings (SSSR count). The van der Waals surface area contributed by atoms with E-state index in [1.54, 1.807) is 0 Å². The van der Waals surface area contributed by atoms with Crippen molar-refractivity contribution in [3.63, 3.8) is 0 Å². The van der Waals surface area contributed by atoms with Crippen molar-refractivity contribution < 1.29 is 4.74 Å². The van der Waals surface area contributed by atoms with Crippen molar-refractivity contribution in [1.29, 1.82) is 0 Å². The number of morpholine rings is 1. The van der Waals surface area contributed by atoms with Crippen LogP contribution in [0.3, 0.4) is 0 Å². The Morgan fingerprint density at radius 3 is 2.84 bits per heavy atom. The van der Waals surface area contributed by atoms with Crippen LogP contribution in [0.25, 0.3) is 0 Å². The molecule has 1 aromatic heterocycles. The topological polar surface area (TPSA) is 21.3 Å². The lowest BCUT2D eigenvalue weighted by Gasteiger charge is -2.48. The zero-order chi connectivity index (χ0) is 13.3. The second kappa shape index (κ2) is 5.55. The van der Waals surface area contributed by atoms with Crippen LogP contribution in [-0.2, 0) is 4.74 Å². The van der Waals surface area contributed by atoms with E-state index in [0.717, 1.165) is 12.5 Å². The second-order valence-corrected chi connectivity index (χ2v) is 7.24. The van der Waals surface area contributed by atoms with Gasteiger partial charge in [0.1, 0.15) is 6.10 Å². The molecule has 19 heavy (non-hydrogen) atoms. The van der Waals surface area contributed by atoms with Crippen molar-refractivity contribution in [3.05, 3.63) is 22.4 Å². The van der Waals surface area contributed by atoms with Crippen molar-refractivity contribution in [1.82, 2.24) is 5.32 Å². The van der Waals surface area contributed by atoms with E-state index in [1.165, 1.54) is 37.0 Å². The van der Waals surface area contributed by atoms with Crippen molar-refractivity contribution in [2.45, 2.75) is 63.7 Å². The highest BCUT2D eigenvalue weighted by Gasteiger charge is 2.43. The maximum absolute atomic E-state index is 6.61. The van der Waals surface area contributed by atoms with Crippen LogP contribution in [-0.4, -0.2) is 18.2 Å². The molecule has 2 nitrogen and oxygen atoms in total. The Morgan fingerprint density at radius 1 is 1.42 bits per heavy atom. The van der Waals surface area contributed by atoms with Crippen LogP contribution in [0.4, 0.5) is 0 Å². The maximum Gasteiger partial charge on any atom is 0.107 e. The molecule has 0 amide bonds. The van der Waals surface area contributed by atoms with Gasteiger partial charge in [-0.3, -0.25) is 0 Å². The molecule has 1 aromatic rings. The van der Waals surface area contributed by atoms with Gasteiger partial charge in [-0.2, -0.15) is 0 Å². The highest BCUT2D eigenvalue weighted by molar-refractivity contribution is 7.10. The van der Waals surface area contributed by atoms with Gasteiger partial charge in [-0.25, -0.2) is 0 Å². The van der Waals surface area contributed by atoms with E-state index in [9.17, 15) is 0 Å². The number of ether oxygens (including phenoxy) is 1. The second-order valence-electron chi connectivity index (χ2n) is 6.26. The zero-order valence-electron chi connectivity index (χ0n) is 12.0. The fourth-order valence-corrected chi connectivity index (χ4v) is 4.39. The Bertz CT molecular complexity index is 395. The maximum atomic E-state index is 6.61. The molecular formula is C16H25NOS. The smallest absolute Gasteiger partial charge is 0.107 e. The van der Waals surface area contributed by atoms with E-state index in [1.807, 2.05) is 11.3 Å². The van der Waals surface area contributed by atoms with Gasteiger partial charge in [0.05, 0.1) is 5.60 Å². The largest absolute Gasteiger partial charge is 0.363 e. The molecule has 2 aliphatic rings. The zero-order valence-corrected chi connectivity index (χ0v) is 12.8. The summed E-state index contributed by atoms with van der Waals surface area (Å²) in [6.45, 7) is 5.60. The van der Waals surface area contributed by atoms with Crippen LogP contribution in [0.15, 0.2) is 17.5 Å². The molecule has 1 aliphatic heterocycles. The highest BCUT2D eigenvalue weighted by Crippen LogP contribution is 2.42. The SMILES string of the molecule is CCC1CCC2(CC1)CNC(C)C(c1cccs1)O2. The normalized spacial score (nSPS) is 39.6. The predicted molar refractivity (Wildman–Crippen MR) is 80.6 cm³/mol. The van der Waals surface area contributed by atoms with E-state index < -0.39 is 0 Å². The molecule has 1 spiro atoms. The van der Waals surface area contributed by atoms with E-state index in [0.29, 0.717) is 6.04 Å². The number of hydrogen-bond acceptors (Lipinski definition) is 3. The molecule has 0 aromatic carbocycles. The van der Waals surface area contributed by atoms with E-state index in [2.05, 4.69) is 36.7 Å². The fourth-order valence-electron chi connectivity index (χ4n) is 3.53. The molecule has 0 radical (unpaired) electrons. The molecule has 2 heterocycles. The first-order valence-corrected chi connectivity index (χ1v) is 8.55. The van der Waals surface area contributed by atoms with Gasteiger partial charge < -0.3 is 10.1 Å². The summed E-state index contributed by atoms with van der Waals surface area (Å²) < 4.78 is 6.61. The Hall–Kier alpha value is -0.380. The number of nitrogens with one attached hydrogen (secondary N) is 1. The summed E-state index contributed by atoms with van der Waals surface area (Å²) >= 11 is 1.82. The Kier molecular flexibility index (Phi) is 3.97. The summed E-state index contributed by atoms with van der Waals surface area (Å²) in [7, 11) is 0. The average Bonchev–Trinajstić information content (AvgIpc) is 2.97. The molecule has 1 saturated carbocycles. The van der Waals surface area contributed by atoms with Crippen LogP contribution < -0.4 is 5.32 Å². The fraction of sp³-hybridized carbons (Fsp3) is 0.750. The minimum absolute atomic E-state index is 0.104. The summed E-state index contributed by atoms with van der Waals surface area (Å²) in [5, 5.41) is 5.85. The van der Waals surface area contributed by atoms with Crippen LogP contribution in [0.5, 0.6) is 0 Å². The van der Waals surface area contributed by atoms with Gasteiger partial charge in [0, 0.05) is 17.5 Å².